The van der Waals surface area contributed by atoms with E-state index in [-0.39, 0.29) is 31.1 Å². The molecule has 1 unspecified atom stereocenters. The van der Waals surface area contributed by atoms with Crippen molar-refractivity contribution in [3.8, 4) is 0 Å². The van der Waals surface area contributed by atoms with E-state index < -0.39 is 6.10 Å². The Balaban J connectivity index is 4.37. The maximum atomic E-state index is 12.9. The molecule has 0 aliphatic heterocycles. The van der Waals surface area contributed by atoms with Gasteiger partial charge in [0.1, 0.15) is 13.2 Å². The van der Waals surface area contributed by atoms with Gasteiger partial charge in [0, 0.05) is 19.3 Å². The van der Waals surface area contributed by atoms with Crippen LogP contribution in [0.1, 0.15) is 271 Å². The van der Waals surface area contributed by atoms with Crippen molar-refractivity contribution >= 4 is 17.9 Å². The third kappa shape index (κ3) is 62.1. The summed E-state index contributed by atoms with van der Waals surface area (Å²) < 4.78 is 16.8. The number of carbonyl (C=O) groups excluding carboxylic acids is 3. The minimum Gasteiger partial charge on any atom is -0.462 e. The van der Waals surface area contributed by atoms with Gasteiger partial charge in [0.05, 0.1) is 0 Å². The molecule has 0 radical (unpaired) electrons. The summed E-state index contributed by atoms with van der Waals surface area (Å²) in [5, 5.41) is 0. The highest BCUT2D eigenvalue weighted by atomic mass is 16.6. The maximum Gasteiger partial charge on any atom is 0.306 e. The van der Waals surface area contributed by atoms with Crippen LogP contribution in [0.4, 0.5) is 0 Å². The number of rotatable bonds is 56. The third-order valence-corrected chi connectivity index (χ3v) is 13.1. The Morgan fingerprint density at radius 2 is 0.526 bits per heavy atom. The van der Waals surface area contributed by atoms with E-state index in [0.717, 1.165) is 148 Å². The first-order valence-corrected chi connectivity index (χ1v) is 31.8. The molecule has 0 bridgehead atoms. The molecule has 0 saturated carbocycles. The molecule has 0 aromatic carbocycles. The lowest BCUT2D eigenvalue weighted by atomic mass is 10.0. The normalized spacial score (nSPS) is 13.1. The van der Waals surface area contributed by atoms with Crippen LogP contribution in [0.2, 0.25) is 0 Å². The van der Waals surface area contributed by atoms with Crippen LogP contribution in [0, 0.1) is 0 Å². The molecule has 0 rings (SSSR count). The van der Waals surface area contributed by atoms with Crippen LogP contribution in [0.15, 0.2) is 146 Å². The number of ether oxygens (including phenoxy) is 3. The average molecular weight is 1080 g/mol. The van der Waals surface area contributed by atoms with Gasteiger partial charge in [-0.2, -0.15) is 0 Å². The van der Waals surface area contributed by atoms with Crippen molar-refractivity contribution in [2.75, 3.05) is 13.2 Å². The first-order valence-electron chi connectivity index (χ1n) is 31.8. The summed E-state index contributed by atoms with van der Waals surface area (Å²) in [6.45, 7) is 6.41. The van der Waals surface area contributed by atoms with Crippen molar-refractivity contribution in [1.82, 2.24) is 0 Å². The second-order valence-electron chi connectivity index (χ2n) is 20.6. The first-order chi connectivity index (χ1) is 38.5. The van der Waals surface area contributed by atoms with Gasteiger partial charge in [-0.15, -0.1) is 0 Å². The first kappa shape index (κ1) is 73.3. The smallest absolute Gasteiger partial charge is 0.306 e. The predicted molar refractivity (Wildman–Crippen MR) is 339 cm³/mol. The molecule has 0 saturated heterocycles. The quantitative estimate of drug-likeness (QED) is 0.0261. The van der Waals surface area contributed by atoms with Gasteiger partial charge < -0.3 is 14.2 Å². The van der Waals surface area contributed by atoms with Gasteiger partial charge >= 0.3 is 17.9 Å². The maximum absolute atomic E-state index is 12.9. The second-order valence-corrected chi connectivity index (χ2v) is 20.6. The van der Waals surface area contributed by atoms with Crippen LogP contribution in [0.5, 0.6) is 0 Å². The lowest BCUT2D eigenvalue weighted by molar-refractivity contribution is -0.167. The number of allylic oxidation sites excluding steroid dienone is 24. The van der Waals surface area contributed by atoms with Crippen molar-refractivity contribution in [3.05, 3.63) is 146 Å². The van der Waals surface area contributed by atoms with Crippen LogP contribution >= 0.6 is 0 Å². The topological polar surface area (TPSA) is 78.9 Å². The molecule has 0 heterocycles. The highest BCUT2D eigenvalue weighted by Gasteiger charge is 2.19. The molecule has 0 aliphatic rings. The molecular weight excluding hydrogens is 961 g/mol. The van der Waals surface area contributed by atoms with E-state index in [1.165, 1.54) is 77.0 Å². The van der Waals surface area contributed by atoms with Crippen molar-refractivity contribution in [1.29, 1.82) is 0 Å². The fraction of sp³-hybridized carbons (Fsp3) is 0.625. The number of carbonyl (C=O) groups is 3. The zero-order chi connectivity index (χ0) is 56.4. The standard InChI is InChI=1S/C72H116O6/c1-4-7-10-13-16-19-22-25-27-28-29-30-31-32-33-34-35-36-37-38-39-40-41-42-43-44-45-48-50-53-56-59-62-65-71(74)77-68-69(67-76-70(73)64-61-58-55-52-49-46-24-21-18-15-12-9-6-3)78-72(75)66-63-60-57-54-51-47-26-23-20-17-14-11-8-5-2/h7,10,12,15-16,19,21,24-25,27,29-30,32-33,35-36,38-39,41-42,44-45,50,53,69H,4-6,8-9,11,13-14,17-18,20,22-23,26,28,31,34,37,40,43,46-49,51-52,54-68H2,1-3H3/b10-7-,15-12-,19-16-,24-21-,27-25-,30-29-,33-32-,36-35-,39-38-,42-41-,45-44-,53-50-. The Hall–Kier alpha value is -4.71. The van der Waals surface area contributed by atoms with E-state index in [4.69, 9.17) is 14.2 Å². The lowest BCUT2D eigenvalue weighted by Crippen LogP contribution is -2.30. The van der Waals surface area contributed by atoms with Gasteiger partial charge in [-0.05, 0) is 122 Å². The summed E-state index contributed by atoms with van der Waals surface area (Å²) >= 11 is 0. The summed E-state index contributed by atoms with van der Waals surface area (Å²) in [4.78, 5) is 38.2. The molecule has 6 nitrogen and oxygen atoms in total. The Bertz CT molecular complexity index is 1710. The van der Waals surface area contributed by atoms with E-state index in [2.05, 4.69) is 167 Å². The zero-order valence-corrected chi connectivity index (χ0v) is 50.4. The number of hydrogen-bond donors (Lipinski definition) is 0. The molecule has 0 amide bonds. The Kier molecular flexibility index (Phi) is 60.9. The fourth-order valence-corrected chi connectivity index (χ4v) is 8.33. The minimum absolute atomic E-state index is 0.101. The molecule has 0 N–H and O–H groups in total. The Morgan fingerprint density at radius 3 is 0.859 bits per heavy atom. The van der Waals surface area contributed by atoms with Crippen LogP contribution in [0.3, 0.4) is 0 Å². The molecule has 0 fully saturated rings. The number of unbranched alkanes of at least 4 members (excludes halogenated alkanes) is 21. The molecule has 0 aromatic rings. The van der Waals surface area contributed by atoms with E-state index >= 15 is 0 Å². The summed E-state index contributed by atoms with van der Waals surface area (Å²) in [6.07, 6.45) is 92.8. The third-order valence-electron chi connectivity index (χ3n) is 13.1. The summed E-state index contributed by atoms with van der Waals surface area (Å²) in [6, 6.07) is 0. The van der Waals surface area contributed by atoms with Crippen LogP contribution in [0.25, 0.3) is 0 Å². The molecule has 6 heteroatoms. The van der Waals surface area contributed by atoms with Crippen LogP contribution in [-0.4, -0.2) is 37.2 Å². The van der Waals surface area contributed by atoms with E-state index in [1.54, 1.807) is 0 Å². The molecular formula is C72H116O6. The van der Waals surface area contributed by atoms with Crippen molar-refractivity contribution in [2.24, 2.45) is 0 Å². The summed E-state index contributed by atoms with van der Waals surface area (Å²) in [7, 11) is 0. The molecule has 0 spiro atoms. The number of esters is 3. The Labute approximate surface area is 480 Å². The van der Waals surface area contributed by atoms with E-state index in [0.29, 0.717) is 25.7 Å². The molecule has 1 atom stereocenters. The molecule has 78 heavy (non-hydrogen) atoms. The highest BCUT2D eigenvalue weighted by molar-refractivity contribution is 5.71. The zero-order valence-electron chi connectivity index (χ0n) is 50.4. The SMILES string of the molecule is CC/C=C\C/C=C\C/C=C\C/C=C\C/C=C\C/C=C\C/C=C\C/C=C\C/C=C\C/C=C\CCCCC(=O)OCC(COC(=O)CCCCCCC/C=C\C/C=C\CCC)OC(=O)CCCCCCCCCCCCCCCC. The second kappa shape index (κ2) is 64.8. The Morgan fingerprint density at radius 1 is 0.269 bits per heavy atom. The van der Waals surface area contributed by atoms with Crippen molar-refractivity contribution < 1.29 is 28.6 Å². The van der Waals surface area contributed by atoms with Gasteiger partial charge in [-0.3, -0.25) is 14.4 Å². The summed E-state index contributed by atoms with van der Waals surface area (Å²) in [5.74, 6) is -0.960. The van der Waals surface area contributed by atoms with Crippen LogP contribution < -0.4 is 0 Å². The largest absolute Gasteiger partial charge is 0.462 e. The van der Waals surface area contributed by atoms with Gasteiger partial charge in [-0.25, -0.2) is 0 Å². The van der Waals surface area contributed by atoms with Gasteiger partial charge in [-0.1, -0.05) is 276 Å². The fourth-order valence-electron chi connectivity index (χ4n) is 8.33. The predicted octanol–water partition coefficient (Wildman–Crippen LogP) is 21.9. The van der Waals surface area contributed by atoms with Crippen LogP contribution in [-0.2, 0) is 28.6 Å². The highest BCUT2D eigenvalue weighted by Crippen LogP contribution is 2.15. The van der Waals surface area contributed by atoms with Gasteiger partial charge in [0.2, 0.25) is 0 Å². The van der Waals surface area contributed by atoms with E-state index in [9.17, 15) is 14.4 Å². The average Bonchev–Trinajstić information content (AvgIpc) is 3.44. The van der Waals surface area contributed by atoms with Gasteiger partial charge in [0.25, 0.3) is 0 Å². The monoisotopic (exact) mass is 1080 g/mol. The lowest BCUT2D eigenvalue weighted by Gasteiger charge is -2.18. The minimum atomic E-state index is -0.805. The van der Waals surface area contributed by atoms with E-state index in [1.807, 2.05) is 0 Å². The van der Waals surface area contributed by atoms with Crippen molar-refractivity contribution in [3.63, 3.8) is 0 Å². The van der Waals surface area contributed by atoms with Gasteiger partial charge in [0.15, 0.2) is 6.10 Å². The molecule has 0 aliphatic carbocycles. The molecule has 440 valence electrons. The number of hydrogen-bond acceptors (Lipinski definition) is 6. The molecule has 0 aromatic heterocycles. The van der Waals surface area contributed by atoms with Crippen molar-refractivity contribution in [2.45, 2.75) is 277 Å². The summed E-state index contributed by atoms with van der Waals surface area (Å²) in [5.41, 5.74) is 0.